The second kappa shape index (κ2) is 4.04. The topological polar surface area (TPSA) is 29.5 Å². The Balaban J connectivity index is 4.35. The first-order valence-corrected chi connectivity index (χ1v) is 10.4. The molecule has 4 heteroatoms. The quantitative estimate of drug-likeness (QED) is 0.563. The maximum Gasteiger partial charge on any atom is 0.187 e. The lowest BCUT2D eigenvalue weighted by Gasteiger charge is -2.36. The van der Waals surface area contributed by atoms with Gasteiger partial charge in [-0.05, 0) is 26.1 Å². The van der Waals surface area contributed by atoms with E-state index in [2.05, 4.69) is 32.7 Å². The Morgan fingerprint density at radius 3 is 1.83 bits per heavy atom. The molecule has 1 atom stereocenters. The molecule has 0 rings (SSSR count). The van der Waals surface area contributed by atoms with E-state index in [9.17, 15) is 5.11 Å². The maximum absolute atomic E-state index is 10.1. The van der Waals surface area contributed by atoms with Crippen molar-refractivity contribution in [2.24, 2.45) is 0 Å². The molecule has 0 aromatic carbocycles. The zero-order valence-corrected chi connectivity index (χ0v) is 11.1. The lowest BCUT2D eigenvalue weighted by Crippen LogP contribution is -2.50. The molecule has 1 N–H and O–H groups in total. The van der Waals surface area contributed by atoms with E-state index in [1.165, 1.54) is 0 Å². The van der Waals surface area contributed by atoms with Crippen LogP contribution in [0.5, 0.6) is 0 Å². The molecule has 73 valence electrons. The smallest absolute Gasteiger partial charge is 0.187 e. The lowest BCUT2D eigenvalue weighted by atomic mass is 10.5. The van der Waals surface area contributed by atoms with E-state index in [1.54, 1.807) is 0 Å². The molecule has 0 aliphatic heterocycles. The third-order valence-electron chi connectivity index (χ3n) is 1.74. The van der Waals surface area contributed by atoms with Crippen LogP contribution in [-0.4, -0.2) is 27.6 Å². The van der Waals surface area contributed by atoms with Crippen LogP contribution in [-0.2, 0) is 4.43 Å². The predicted molar refractivity (Wildman–Crippen MR) is 57.2 cm³/mol. The van der Waals surface area contributed by atoms with Crippen LogP contribution in [0.2, 0.25) is 32.7 Å². The zero-order valence-electron chi connectivity index (χ0n) is 9.06. The highest BCUT2D eigenvalue weighted by atomic mass is 28.4. The largest absolute Gasteiger partial charge is 0.394 e. The molecule has 0 aromatic heterocycles. The molecule has 0 saturated heterocycles. The lowest BCUT2D eigenvalue weighted by molar-refractivity contribution is -0.0770. The fraction of sp³-hybridized carbons (Fsp3) is 1.00. The molecular formula is C8H21O2Si2. The van der Waals surface area contributed by atoms with Crippen molar-refractivity contribution in [1.82, 2.24) is 0 Å². The first kappa shape index (κ1) is 12.4. The van der Waals surface area contributed by atoms with Crippen molar-refractivity contribution in [1.29, 1.82) is 0 Å². The summed E-state index contributed by atoms with van der Waals surface area (Å²) in [6.45, 7) is 12.5. The Morgan fingerprint density at radius 2 is 1.75 bits per heavy atom. The van der Waals surface area contributed by atoms with Gasteiger partial charge in [-0.2, -0.15) is 0 Å². The maximum atomic E-state index is 10.1. The van der Waals surface area contributed by atoms with Gasteiger partial charge >= 0.3 is 0 Å². The summed E-state index contributed by atoms with van der Waals surface area (Å²) < 4.78 is 5.78. The first-order chi connectivity index (χ1) is 5.21. The molecule has 1 unspecified atom stereocenters. The van der Waals surface area contributed by atoms with Crippen molar-refractivity contribution < 1.29 is 9.53 Å². The second-order valence-electron chi connectivity index (χ2n) is 4.35. The van der Waals surface area contributed by atoms with Crippen LogP contribution in [0.4, 0.5) is 0 Å². The van der Waals surface area contributed by atoms with Crippen LogP contribution in [0.25, 0.3) is 0 Å². The van der Waals surface area contributed by atoms with Gasteiger partial charge in [0.15, 0.2) is 8.32 Å². The Kier molecular flexibility index (Phi) is 4.16. The van der Waals surface area contributed by atoms with Gasteiger partial charge in [-0.3, -0.25) is 0 Å². The zero-order chi connectivity index (χ0) is 9.99. The molecule has 0 fully saturated rings. The predicted octanol–water partition coefficient (Wildman–Crippen LogP) is 2.23. The van der Waals surface area contributed by atoms with E-state index >= 15 is 0 Å². The Hall–Kier alpha value is 0.354. The first-order valence-electron chi connectivity index (χ1n) is 4.44. The standard InChI is InChI=1S/C8H21O2Si2/c1-7-8(9,11(2)3)10-12(4,5)6/h9H,7H2,1-6H3. The van der Waals surface area contributed by atoms with Crippen molar-refractivity contribution in [2.75, 3.05) is 0 Å². The SMILES string of the molecule is CCC(O)(O[Si](C)(C)C)[Si](C)C. The van der Waals surface area contributed by atoms with Gasteiger partial charge in [-0.15, -0.1) is 0 Å². The van der Waals surface area contributed by atoms with Gasteiger partial charge in [0.05, 0.1) is 0 Å². The normalized spacial score (nSPS) is 18.0. The number of hydrogen-bond donors (Lipinski definition) is 1. The number of rotatable bonds is 4. The summed E-state index contributed by atoms with van der Waals surface area (Å²) >= 11 is 0. The van der Waals surface area contributed by atoms with Crippen LogP contribution >= 0.6 is 0 Å². The van der Waals surface area contributed by atoms with Gasteiger partial charge in [0, 0.05) is 0 Å². The summed E-state index contributed by atoms with van der Waals surface area (Å²) in [4.78, 5) is 0. The van der Waals surface area contributed by atoms with E-state index in [-0.39, 0.29) is 0 Å². The molecule has 0 saturated carbocycles. The Morgan fingerprint density at radius 1 is 1.33 bits per heavy atom. The summed E-state index contributed by atoms with van der Waals surface area (Å²) in [6, 6.07) is 0. The molecule has 0 spiro atoms. The third-order valence-corrected chi connectivity index (χ3v) is 4.91. The molecule has 1 radical (unpaired) electrons. The van der Waals surface area contributed by atoms with Gasteiger partial charge in [0.1, 0.15) is 14.2 Å². The van der Waals surface area contributed by atoms with E-state index in [0.29, 0.717) is 6.42 Å². The monoisotopic (exact) mass is 205 g/mol. The highest BCUT2D eigenvalue weighted by molar-refractivity contribution is 6.71. The van der Waals surface area contributed by atoms with Crippen molar-refractivity contribution >= 4 is 17.1 Å². The third kappa shape index (κ3) is 3.84. The minimum absolute atomic E-state index is 0.707. The Bertz CT molecular complexity index is 142. The van der Waals surface area contributed by atoms with Gasteiger partial charge in [-0.1, -0.05) is 20.0 Å². The molecule has 2 nitrogen and oxygen atoms in total. The van der Waals surface area contributed by atoms with Gasteiger partial charge in [-0.25, -0.2) is 0 Å². The molecule has 0 aliphatic rings. The summed E-state index contributed by atoms with van der Waals surface area (Å²) in [6.07, 6.45) is 0.707. The average Bonchev–Trinajstić information content (AvgIpc) is 1.83. The van der Waals surface area contributed by atoms with Gasteiger partial charge in [0.25, 0.3) is 0 Å². The van der Waals surface area contributed by atoms with E-state index in [1.807, 2.05) is 6.92 Å². The average molecular weight is 205 g/mol. The van der Waals surface area contributed by atoms with E-state index in [0.717, 1.165) is 0 Å². The van der Waals surface area contributed by atoms with E-state index in [4.69, 9.17) is 4.43 Å². The van der Waals surface area contributed by atoms with Crippen LogP contribution in [0.3, 0.4) is 0 Å². The summed E-state index contributed by atoms with van der Waals surface area (Å²) in [5, 5.41) is 10.1. The highest BCUT2D eigenvalue weighted by Gasteiger charge is 2.35. The fourth-order valence-corrected chi connectivity index (χ4v) is 4.63. The Labute approximate surface area is 78.7 Å². The van der Waals surface area contributed by atoms with Crippen molar-refractivity contribution in [3.8, 4) is 0 Å². The van der Waals surface area contributed by atoms with Crippen LogP contribution in [0.15, 0.2) is 0 Å². The molecule has 12 heavy (non-hydrogen) atoms. The molecule has 0 heterocycles. The van der Waals surface area contributed by atoms with Crippen LogP contribution in [0, 0.1) is 0 Å². The minimum atomic E-state index is -1.60. The van der Waals surface area contributed by atoms with Crippen LogP contribution in [0.1, 0.15) is 13.3 Å². The van der Waals surface area contributed by atoms with Crippen molar-refractivity contribution in [3.63, 3.8) is 0 Å². The molecule has 0 amide bonds. The summed E-state index contributed by atoms with van der Waals surface area (Å²) in [7, 11) is -2.39. The van der Waals surface area contributed by atoms with E-state index < -0.39 is 22.5 Å². The molecule has 0 aliphatic carbocycles. The fourth-order valence-electron chi connectivity index (χ4n) is 1.03. The summed E-state index contributed by atoms with van der Waals surface area (Å²) in [5.74, 6) is 0. The molecular weight excluding hydrogens is 184 g/mol. The number of hydrogen-bond acceptors (Lipinski definition) is 2. The number of aliphatic hydroxyl groups is 1. The summed E-state index contributed by atoms with van der Waals surface area (Å²) in [5.41, 5.74) is -0.810. The molecule has 0 aromatic rings. The van der Waals surface area contributed by atoms with Crippen molar-refractivity contribution in [3.05, 3.63) is 0 Å². The minimum Gasteiger partial charge on any atom is -0.394 e. The van der Waals surface area contributed by atoms with Gasteiger partial charge in [0.2, 0.25) is 0 Å². The molecule has 0 bridgehead atoms. The van der Waals surface area contributed by atoms with Gasteiger partial charge < -0.3 is 9.53 Å². The highest BCUT2D eigenvalue weighted by Crippen LogP contribution is 2.21. The van der Waals surface area contributed by atoms with Crippen LogP contribution < -0.4 is 0 Å². The second-order valence-corrected chi connectivity index (χ2v) is 11.6. The van der Waals surface area contributed by atoms with Crippen molar-refractivity contribution in [2.45, 2.75) is 51.5 Å².